The molecular weight excluding hydrogens is 356 g/mol. The van der Waals surface area contributed by atoms with Crippen LogP contribution in [0.4, 0.5) is 11.4 Å². The zero-order chi connectivity index (χ0) is 15.9. The molecule has 0 atom stereocenters. The quantitative estimate of drug-likeness (QED) is 0.478. The number of benzene rings is 2. The average Bonchev–Trinajstić information content (AvgIpc) is 2.46. The van der Waals surface area contributed by atoms with Crippen molar-refractivity contribution in [1.82, 2.24) is 0 Å². The Bertz CT molecular complexity index is 766. The summed E-state index contributed by atoms with van der Waals surface area (Å²) in [5.74, 6) is 0.210. The van der Waals surface area contributed by atoms with Crippen molar-refractivity contribution in [3.63, 3.8) is 0 Å². The van der Waals surface area contributed by atoms with E-state index in [0.29, 0.717) is 5.57 Å². The molecule has 1 radical (unpaired) electrons. The molecule has 3 rings (SSSR count). The first kappa shape index (κ1) is 17.8. The van der Waals surface area contributed by atoms with Gasteiger partial charge in [-0.15, -0.1) is 0 Å². The number of para-hydroxylation sites is 2. The largest absolute Gasteiger partial charge is 0.524 e. The minimum absolute atomic E-state index is 0. The van der Waals surface area contributed by atoms with Gasteiger partial charge < -0.3 is 9.42 Å². The van der Waals surface area contributed by atoms with Crippen LogP contribution in [0, 0.1) is 0 Å². The van der Waals surface area contributed by atoms with E-state index < -0.39 is 7.82 Å². The molecule has 1 heterocycles. The number of nitrogens with zero attached hydrogens (tertiary/aromatic N) is 1. The van der Waals surface area contributed by atoms with Crippen LogP contribution in [0.3, 0.4) is 0 Å². The Morgan fingerprint density at radius 2 is 1.43 bits per heavy atom. The van der Waals surface area contributed by atoms with Gasteiger partial charge in [-0.2, -0.15) is 0 Å². The Labute approximate surface area is 145 Å². The van der Waals surface area contributed by atoms with Crippen molar-refractivity contribution in [1.29, 1.82) is 0 Å². The van der Waals surface area contributed by atoms with E-state index in [1.54, 1.807) is 6.92 Å². The van der Waals surface area contributed by atoms with Gasteiger partial charge in [-0.25, -0.2) is 4.57 Å². The fourth-order valence-corrected chi connectivity index (χ4v) is 3.28. The van der Waals surface area contributed by atoms with Gasteiger partial charge in [-0.3, -0.25) is 9.79 Å². The number of allylic oxidation sites excluding steroid dienone is 1. The van der Waals surface area contributed by atoms with Crippen LogP contribution < -0.4 is 4.90 Å². The molecule has 0 aromatic heterocycles. The van der Waals surface area contributed by atoms with Crippen molar-refractivity contribution in [2.75, 3.05) is 11.9 Å². The maximum atomic E-state index is 11.2. The molecule has 0 saturated carbocycles. The fourth-order valence-electron chi connectivity index (χ4n) is 2.83. The summed E-state index contributed by atoms with van der Waals surface area (Å²) in [4.78, 5) is 20.3. The smallest absolute Gasteiger partial charge is 0.408 e. The van der Waals surface area contributed by atoms with Gasteiger partial charge in [0.05, 0.1) is 0 Å². The van der Waals surface area contributed by atoms with E-state index in [2.05, 4.69) is 4.90 Å². The first-order valence-electron chi connectivity index (χ1n) is 6.77. The van der Waals surface area contributed by atoms with E-state index in [1.165, 1.54) is 0 Å². The third-order valence-electron chi connectivity index (χ3n) is 3.68. The summed E-state index contributed by atoms with van der Waals surface area (Å²) >= 11 is 0. The van der Waals surface area contributed by atoms with E-state index in [9.17, 15) is 4.57 Å². The van der Waals surface area contributed by atoms with Gasteiger partial charge in [0.25, 0.3) is 0 Å². The van der Waals surface area contributed by atoms with Gasteiger partial charge in [0, 0.05) is 52.2 Å². The topological polar surface area (TPSA) is 70.0 Å². The number of hydrogen-bond acceptors (Lipinski definition) is 3. The summed E-state index contributed by atoms with van der Waals surface area (Å²) in [5, 5.41) is 0. The molecular formula is C16H16MnNO4P. The standard InChI is InChI=1S/C16H16NO4P.Mn/c1-11(21-22(18,19)20)16-12-7-3-5-9-14(12)17(2)15-10-6-4-8-13(15)16;/h3-10H,1-2H3,(H2,18,19,20);. The molecule has 0 unspecified atom stereocenters. The minimum Gasteiger partial charge on any atom is -0.408 e. The van der Waals surface area contributed by atoms with Gasteiger partial charge in [0.2, 0.25) is 0 Å². The number of phosphoric ester groups is 1. The zero-order valence-corrected chi connectivity index (χ0v) is 14.7. The Balaban J connectivity index is 0.00000192. The second-order valence-corrected chi connectivity index (χ2v) is 6.27. The van der Waals surface area contributed by atoms with Crippen LogP contribution in [0.1, 0.15) is 18.1 Å². The molecule has 0 spiro atoms. The van der Waals surface area contributed by atoms with Crippen molar-refractivity contribution in [2.45, 2.75) is 6.92 Å². The first-order chi connectivity index (χ1) is 10.4. The second-order valence-electron chi connectivity index (χ2n) is 5.11. The number of rotatable bonds is 2. The van der Waals surface area contributed by atoms with Crippen molar-refractivity contribution in [3.8, 4) is 0 Å². The second kappa shape index (κ2) is 6.52. The molecule has 0 bridgehead atoms. The molecule has 2 N–H and O–H groups in total. The third kappa shape index (κ3) is 3.37. The molecule has 7 heteroatoms. The van der Waals surface area contributed by atoms with Gasteiger partial charge in [0.1, 0.15) is 5.76 Å². The molecule has 0 aliphatic carbocycles. The maximum Gasteiger partial charge on any atom is 0.524 e. The van der Waals surface area contributed by atoms with E-state index in [0.717, 1.165) is 22.5 Å². The Hall–Kier alpha value is -1.55. The van der Waals surface area contributed by atoms with E-state index in [4.69, 9.17) is 14.3 Å². The summed E-state index contributed by atoms with van der Waals surface area (Å²) in [6.45, 7) is 1.58. The van der Waals surface area contributed by atoms with Gasteiger partial charge >= 0.3 is 7.82 Å². The monoisotopic (exact) mass is 372 g/mol. The van der Waals surface area contributed by atoms with Crippen molar-refractivity contribution in [2.24, 2.45) is 0 Å². The molecule has 5 nitrogen and oxygen atoms in total. The van der Waals surface area contributed by atoms with E-state index in [1.807, 2.05) is 55.6 Å². The average molecular weight is 372 g/mol. The molecule has 1 aliphatic heterocycles. The molecule has 121 valence electrons. The Morgan fingerprint density at radius 3 is 1.87 bits per heavy atom. The number of phosphoric acid groups is 1. The molecule has 0 fully saturated rings. The van der Waals surface area contributed by atoms with Gasteiger partial charge in [0.15, 0.2) is 0 Å². The number of anilines is 2. The number of fused-ring (bicyclic) bond motifs is 2. The normalized spacial score (nSPS) is 12.9. The van der Waals surface area contributed by atoms with Crippen molar-refractivity contribution < 1.29 is 35.9 Å². The summed E-state index contributed by atoms with van der Waals surface area (Å²) in [6, 6.07) is 15.4. The molecule has 0 saturated heterocycles. The molecule has 0 amide bonds. The van der Waals surface area contributed by atoms with Gasteiger partial charge in [-0.05, 0) is 19.1 Å². The van der Waals surface area contributed by atoms with Crippen LogP contribution >= 0.6 is 7.82 Å². The summed E-state index contributed by atoms with van der Waals surface area (Å²) in [5.41, 5.74) is 4.40. The van der Waals surface area contributed by atoms with Crippen LogP contribution in [-0.4, -0.2) is 16.8 Å². The predicted molar refractivity (Wildman–Crippen MR) is 85.8 cm³/mol. The third-order valence-corrected chi connectivity index (χ3v) is 4.19. The SMILES string of the molecule is CC(OP(=O)(O)O)=C1c2ccccc2N(C)c2ccccc21.[Mn]. The van der Waals surface area contributed by atoms with Crippen molar-refractivity contribution in [3.05, 3.63) is 65.4 Å². The molecule has 1 aliphatic rings. The van der Waals surface area contributed by atoms with Crippen LogP contribution in [0.25, 0.3) is 5.57 Å². The van der Waals surface area contributed by atoms with Crippen LogP contribution in [0.5, 0.6) is 0 Å². The minimum atomic E-state index is -4.60. The summed E-state index contributed by atoms with van der Waals surface area (Å²) in [6.07, 6.45) is 0. The van der Waals surface area contributed by atoms with Crippen LogP contribution in [0.15, 0.2) is 54.3 Å². The van der Waals surface area contributed by atoms with E-state index >= 15 is 0 Å². The van der Waals surface area contributed by atoms with Crippen LogP contribution in [0.2, 0.25) is 0 Å². The fraction of sp³-hybridized carbons (Fsp3) is 0.125. The first-order valence-corrected chi connectivity index (χ1v) is 8.30. The van der Waals surface area contributed by atoms with Crippen LogP contribution in [-0.2, 0) is 26.2 Å². The number of hydrogen-bond donors (Lipinski definition) is 2. The van der Waals surface area contributed by atoms with Crippen molar-refractivity contribution >= 4 is 24.8 Å². The molecule has 23 heavy (non-hydrogen) atoms. The summed E-state index contributed by atoms with van der Waals surface area (Å²) in [7, 11) is -2.63. The predicted octanol–water partition coefficient (Wildman–Crippen LogP) is 3.65. The Morgan fingerprint density at radius 1 is 1.00 bits per heavy atom. The Kier molecular flexibility index (Phi) is 5.04. The summed E-state index contributed by atoms with van der Waals surface area (Å²) < 4.78 is 16.1. The van der Waals surface area contributed by atoms with E-state index in [-0.39, 0.29) is 22.8 Å². The van der Waals surface area contributed by atoms with Gasteiger partial charge in [-0.1, -0.05) is 36.4 Å². The molecule has 2 aromatic carbocycles. The molecule has 2 aromatic rings. The maximum absolute atomic E-state index is 11.2. The zero-order valence-electron chi connectivity index (χ0n) is 12.6.